The molecule has 2 aliphatic carbocycles. The lowest BCUT2D eigenvalue weighted by atomic mass is 9.92. The molecule has 15 heteroatoms. The minimum atomic E-state index is -1.87. The summed E-state index contributed by atoms with van der Waals surface area (Å²) in [6.45, 7) is -1.06. The molecule has 0 radical (unpaired) electrons. The third kappa shape index (κ3) is 9.78. The first-order chi connectivity index (χ1) is 22.9. The van der Waals surface area contributed by atoms with E-state index in [1.54, 1.807) is 9.48 Å². The van der Waals surface area contributed by atoms with Gasteiger partial charge in [-0.05, 0) is 25.0 Å². The second-order valence-corrected chi connectivity index (χ2v) is 11.9. The second-order valence-electron chi connectivity index (χ2n) is 11.9. The van der Waals surface area contributed by atoms with Crippen molar-refractivity contribution in [3.05, 3.63) is 58.9 Å². The van der Waals surface area contributed by atoms with Crippen molar-refractivity contribution in [3.63, 3.8) is 0 Å². The number of allylic oxidation sites excluding steroid dienone is 3. The first-order valence-corrected chi connectivity index (χ1v) is 15.8. The largest absolute Gasteiger partial charge is 0.508 e. The van der Waals surface area contributed by atoms with Crippen LogP contribution in [0.4, 0.5) is 5.69 Å². The fraction of sp³-hybridized carbons (Fsp3) is 0.545. The highest BCUT2D eigenvalue weighted by Crippen LogP contribution is 2.41. The van der Waals surface area contributed by atoms with Crippen molar-refractivity contribution in [2.75, 3.05) is 57.5 Å². The number of hydrogen-bond acceptors (Lipinski definition) is 14. The van der Waals surface area contributed by atoms with Gasteiger partial charge >= 0.3 is 0 Å². The third-order valence-electron chi connectivity index (χ3n) is 8.46. The quantitative estimate of drug-likeness (QED) is 0.0437. The van der Waals surface area contributed by atoms with Gasteiger partial charge in [0.1, 0.15) is 30.7 Å². The van der Waals surface area contributed by atoms with Crippen LogP contribution in [0.2, 0.25) is 0 Å². The Morgan fingerprint density at radius 3 is 1.73 bits per heavy atom. The highest BCUT2D eigenvalue weighted by Gasteiger charge is 2.48. The van der Waals surface area contributed by atoms with E-state index >= 15 is 0 Å². The Hall–Kier alpha value is -3.51. The molecular formula is C33H47N2O13+. The molecule has 3 rings (SSSR count). The number of Topliss-reactive ketones (excluding diaryl/α,β-unsaturated/α-hetero) is 2. The molecule has 0 saturated heterocycles. The van der Waals surface area contributed by atoms with E-state index in [-0.39, 0.29) is 63.0 Å². The van der Waals surface area contributed by atoms with Crippen LogP contribution in [0.5, 0.6) is 5.75 Å². The Balaban J connectivity index is 1.92. The molecule has 0 aliphatic heterocycles. The lowest BCUT2D eigenvalue weighted by molar-refractivity contribution is -0.530. The van der Waals surface area contributed by atoms with Gasteiger partial charge in [0.25, 0.3) is 0 Å². The smallest absolute Gasteiger partial charge is 0.203 e. The molecule has 48 heavy (non-hydrogen) atoms. The van der Waals surface area contributed by atoms with E-state index in [1.807, 2.05) is 0 Å². The molecule has 0 bridgehead atoms. The summed E-state index contributed by atoms with van der Waals surface area (Å²) in [6.07, 6.45) is -1.23. The number of aromatic hydroxyl groups is 1. The molecule has 1 fully saturated rings. The monoisotopic (exact) mass is 679 g/mol. The fourth-order valence-electron chi connectivity index (χ4n) is 5.54. The van der Waals surface area contributed by atoms with Gasteiger partial charge in [-0.1, -0.05) is 6.07 Å². The van der Waals surface area contributed by atoms with Crippen molar-refractivity contribution in [3.8, 4) is 5.75 Å². The molecule has 2 aliphatic rings. The first-order valence-electron chi connectivity index (χ1n) is 15.8. The summed E-state index contributed by atoms with van der Waals surface area (Å²) >= 11 is 0. The Labute approximate surface area is 277 Å². The number of benzene rings is 1. The van der Waals surface area contributed by atoms with Crippen molar-refractivity contribution in [2.45, 2.75) is 62.1 Å². The van der Waals surface area contributed by atoms with Gasteiger partial charge in [-0.2, -0.15) is 0 Å². The molecule has 1 aromatic carbocycles. The Bertz CT molecular complexity index is 1380. The number of aliphatic hydroxyl groups excluding tert-OH is 10. The molecule has 266 valence electrons. The number of ketones is 2. The van der Waals surface area contributed by atoms with Gasteiger partial charge in [0.05, 0.1) is 68.4 Å². The lowest BCUT2D eigenvalue weighted by Crippen LogP contribution is -2.32. The average Bonchev–Trinajstić information content (AvgIpc) is 3.30. The lowest BCUT2D eigenvalue weighted by Gasteiger charge is -2.27. The predicted octanol–water partition coefficient (Wildman–Crippen LogP) is -2.47. The maximum Gasteiger partial charge on any atom is 0.203 e. The van der Waals surface area contributed by atoms with Gasteiger partial charge in [0.15, 0.2) is 11.6 Å². The van der Waals surface area contributed by atoms with E-state index in [4.69, 9.17) is 0 Å². The minimum absolute atomic E-state index is 0.0440. The van der Waals surface area contributed by atoms with Crippen LogP contribution < -0.4 is 4.90 Å². The first kappa shape index (κ1) is 38.9. The van der Waals surface area contributed by atoms with Crippen LogP contribution in [0.25, 0.3) is 0 Å². The Morgan fingerprint density at radius 1 is 0.729 bits per heavy atom. The second kappa shape index (κ2) is 18.3. The minimum Gasteiger partial charge on any atom is -0.508 e. The van der Waals surface area contributed by atoms with Crippen LogP contribution in [-0.4, -0.2) is 161 Å². The van der Waals surface area contributed by atoms with E-state index < -0.39 is 91.5 Å². The number of hydrogen-bond donors (Lipinski definition) is 11. The Kier molecular flexibility index (Phi) is 14.8. The van der Waals surface area contributed by atoms with Crippen LogP contribution >= 0.6 is 0 Å². The summed E-state index contributed by atoms with van der Waals surface area (Å²) in [6, 6.07) is 4.19. The zero-order valence-corrected chi connectivity index (χ0v) is 26.5. The molecule has 1 aromatic rings. The fourth-order valence-corrected chi connectivity index (χ4v) is 5.54. The average molecular weight is 680 g/mol. The number of carbonyl (C=O) groups excluding carboxylic acids is 2. The molecule has 0 amide bonds. The van der Waals surface area contributed by atoms with Gasteiger partial charge in [0.2, 0.25) is 5.71 Å². The van der Waals surface area contributed by atoms with Crippen molar-refractivity contribution < 1.29 is 70.3 Å². The van der Waals surface area contributed by atoms with Gasteiger partial charge in [0, 0.05) is 54.9 Å². The number of phenolic OH excluding ortho intramolecular Hbond substituents is 1. The summed E-state index contributed by atoms with van der Waals surface area (Å²) in [4.78, 5) is 28.6. The molecular weight excluding hydrogens is 632 g/mol. The maximum absolute atomic E-state index is 13.6. The molecule has 15 nitrogen and oxygen atoms in total. The normalized spacial score (nSPS) is 22.1. The molecule has 6 atom stereocenters. The SMILES string of the molecule is O=C1C(=C2C=CC(=[N+](CCC(O)CO)CCC(O)CO)C=C2O)C(=O)C(c2ccc(N(CCC(O)CO)CCC(O)CO)cc2O)C1O. The van der Waals surface area contributed by atoms with Crippen LogP contribution in [0.3, 0.4) is 0 Å². The van der Waals surface area contributed by atoms with Crippen LogP contribution in [0.1, 0.15) is 37.2 Å². The third-order valence-corrected chi connectivity index (χ3v) is 8.46. The van der Waals surface area contributed by atoms with Crippen molar-refractivity contribution >= 4 is 23.0 Å². The van der Waals surface area contributed by atoms with Gasteiger partial charge in [-0.25, -0.2) is 4.58 Å². The van der Waals surface area contributed by atoms with Gasteiger partial charge in [-0.3, -0.25) is 9.59 Å². The summed E-state index contributed by atoms with van der Waals surface area (Å²) in [5.41, 5.74) is 0.164. The van der Waals surface area contributed by atoms with Crippen LogP contribution in [0, 0.1) is 0 Å². The number of nitrogens with zero attached hydrogens (tertiary/aromatic N) is 2. The van der Waals surface area contributed by atoms with Gasteiger partial charge in [-0.15, -0.1) is 0 Å². The van der Waals surface area contributed by atoms with Crippen LogP contribution in [0.15, 0.2) is 53.3 Å². The molecule has 11 N–H and O–H groups in total. The van der Waals surface area contributed by atoms with Crippen molar-refractivity contribution in [1.82, 2.24) is 0 Å². The standard InChI is InChI=1S/C33H46N2O13/c36-15-21(40)5-9-34(10-6-22(41)16-37)19-1-3-25(27(44)13-19)29-31(46)30(33(48)32(29)47)26-4-2-20(14-28(26)45)35(11-7-23(42)17-38)12-8-24(43)18-39/h1-4,13-14,21-24,29,32,36-44,47H,5-12,15-18H2/p+1. The van der Waals surface area contributed by atoms with E-state index in [0.717, 1.165) is 0 Å². The number of anilines is 1. The molecule has 1 saturated carbocycles. The molecule has 0 heterocycles. The zero-order valence-electron chi connectivity index (χ0n) is 26.5. The zero-order chi connectivity index (χ0) is 35.5. The Morgan fingerprint density at radius 2 is 1.25 bits per heavy atom. The molecule has 0 spiro atoms. The molecule has 0 aromatic heterocycles. The highest BCUT2D eigenvalue weighted by molar-refractivity contribution is 6.31. The van der Waals surface area contributed by atoms with E-state index in [9.17, 15) is 65.8 Å². The van der Waals surface area contributed by atoms with Crippen LogP contribution in [-0.2, 0) is 9.59 Å². The summed E-state index contributed by atoms with van der Waals surface area (Å²) in [5, 5.41) is 109. The number of aliphatic hydroxyl groups is 10. The highest BCUT2D eigenvalue weighted by atomic mass is 16.3. The number of phenols is 1. The topological polar surface area (TPSA) is 263 Å². The van der Waals surface area contributed by atoms with Gasteiger partial charge < -0.3 is 61.1 Å². The van der Waals surface area contributed by atoms with E-state index in [0.29, 0.717) is 11.4 Å². The summed E-state index contributed by atoms with van der Waals surface area (Å²) < 4.78 is 1.68. The maximum atomic E-state index is 13.6. The van der Waals surface area contributed by atoms with E-state index in [1.165, 1.54) is 36.4 Å². The summed E-state index contributed by atoms with van der Waals surface area (Å²) in [7, 11) is 0. The number of rotatable bonds is 18. The van der Waals surface area contributed by atoms with Crippen molar-refractivity contribution in [2.24, 2.45) is 0 Å². The number of carbonyl (C=O) groups is 2. The molecule has 6 unspecified atom stereocenters. The summed E-state index contributed by atoms with van der Waals surface area (Å²) in [5.74, 6) is -4.15. The predicted molar refractivity (Wildman–Crippen MR) is 172 cm³/mol. The van der Waals surface area contributed by atoms with E-state index in [2.05, 4.69) is 0 Å². The van der Waals surface area contributed by atoms with Crippen molar-refractivity contribution in [1.29, 1.82) is 0 Å².